The first-order valence-electron chi connectivity index (χ1n) is 6.81. The molecule has 0 atom stereocenters. The van der Waals surface area contributed by atoms with Crippen molar-refractivity contribution in [2.45, 2.75) is 13.8 Å². The number of thiophene rings is 1. The minimum atomic E-state index is 1.25. The molecule has 0 saturated heterocycles. The molecule has 0 spiro atoms. The average Bonchev–Trinajstić information content (AvgIpc) is 2.97. The Morgan fingerprint density at radius 3 is 2.65 bits per heavy atom. The highest BCUT2D eigenvalue weighted by atomic mass is 32.1. The van der Waals surface area contributed by atoms with Crippen molar-refractivity contribution < 1.29 is 0 Å². The van der Waals surface area contributed by atoms with Crippen molar-refractivity contribution >= 4 is 31.5 Å². The van der Waals surface area contributed by atoms with E-state index < -0.39 is 0 Å². The zero-order chi connectivity index (χ0) is 13.7. The highest BCUT2D eigenvalue weighted by Crippen LogP contribution is 2.41. The van der Waals surface area contributed by atoms with Gasteiger partial charge in [-0.2, -0.15) is 0 Å². The first-order chi connectivity index (χ1) is 9.74. The summed E-state index contributed by atoms with van der Waals surface area (Å²) >= 11 is 1.88. The van der Waals surface area contributed by atoms with Crippen LogP contribution in [0.3, 0.4) is 0 Å². The van der Waals surface area contributed by atoms with Crippen molar-refractivity contribution in [3.63, 3.8) is 0 Å². The van der Waals surface area contributed by atoms with Crippen LogP contribution in [0.25, 0.3) is 31.4 Å². The van der Waals surface area contributed by atoms with E-state index >= 15 is 0 Å². The normalized spacial score (nSPS) is 11.5. The fourth-order valence-corrected chi connectivity index (χ4v) is 4.19. The van der Waals surface area contributed by atoms with Crippen molar-refractivity contribution in [1.29, 1.82) is 0 Å². The molecule has 4 aromatic rings. The van der Waals surface area contributed by atoms with Crippen molar-refractivity contribution in [3.05, 3.63) is 59.8 Å². The molecule has 2 aromatic heterocycles. The van der Waals surface area contributed by atoms with Gasteiger partial charge >= 0.3 is 0 Å². The van der Waals surface area contributed by atoms with Crippen LogP contribution >= 0.6 is 11.3 Å². The second-order valence-electron chi connectivity index (χ2n) is 5.30. The lowest BCUT2D eigenvalue weighted by Crippen LogP contribution is -1.79. The van der Waals surface area contributed by atoms with Gasteiger partial charge in [-0.1, -0.05) is 42.0 Å². The zero-order valence-electron chi connectivity index (χ0n) is 11.5. The fraction of sp³-hybridized carbons (Fsp3) is 0.111. The number of rotatable bonds is 1. The molecule has 2 aromatic carbocycles. The molecule has 1 nitrogen and oxygen atoms in total. The maximum absolute atomic E-state index is 3.58. The highest BCUT2D eigenvalue weighted by molar-refractivity contribution is 7.26. The number of aromatic nitrogens is 1. The predicted octanol–water partition coefficient (Wildman–Crippen LogP) is 5.67. The van der Waals surface area contributed by atoms with Crippen molar-refractivity contribution in [1.82, 2.24) is 4.98 Å². The first kappa shape index (κ1) is 11.7. The summed E-state index contributed by atoms with van der Waals surface area (Å²) in [7, 11) is 0. The van der Waals surface area contributed by atoms with Gasteiger partial charge in [0.25, 0.3) is 0 Å². The lowest BCUT2D eigenvalue weighted by molar-refractivity contribution is 1.28. The van der Waals surface area contributed by atoms with E-state index in [1.165, 1.54) is 42.7 Å². The van der Waals surface area contributed by atoms with Crippen LogP contribution in [0, 0.1) is 13.8 Å². The van der Waals surface area contributed by atoms with E-state index in [-0.39, 0.29) is 0 Å². The maximum Gasteiger partial charge on any atom is 0.0637 e. The minimum absolute atomic E-state index is 1.25. The summed E-state index contributed by atoms with van der Waals surface area (Å²) in [5, 5.41) is 2.74. The van der Waals surface area contributed by atoms with Gasteiger partial charge in [0.15, 0.2) is 0 Å². The molecule has 1 N–H and O–H groups in total. The van der Waals surface area contributed by atoms with Gasteiger partial charge in [0.05, 0.1) is 10.4 Å². The molecule has 0 aliphatic heterocycles. The smallest absolute Gasteiger partial charge is 0.0637 e. The Morgan fingerprint density at radius 1 is 0.950 bits per heavy atom. The number of fused-ring (bicyclic) bond motifs is 3. The summed E-state index contributed by atoms with van der Waals surface area (Å²) in [5.41, 5.74) is 5.08. The Morgan fingerprint density at radius 2 is 1.80 bits per heavy atom. The van der Waals surface area contributed by atoms with Gasteiger partial charge in [-0.15, -0.1) is 11.3 Å². The number of benzene rings is 2. The largest absolute Gasteiger partial charge is 0.357 e. The molecule has 0 fully saturated rings. The van der Waals surface area contributed by atoms with E-state index in [4.69, 9.17) is 0 Å². The molecule has 2 heterocycles. The Kier molecular flexibility index (Phi) is 2.48. The quantitative estimate of drug-likeness (QED) is 0.461. The number of H-pyrrole nitrogens is 1. The van der Waals surface area contributed by atoms with Gasteiger partial charge in [-0.25, -0.2) is 0 Å². The van der Waals surface area contributed by atoms with Gasteiger partial charge in [0.1, 0.15) is 0 Å². The molecule has 0 amide bonds. The summed E-state index contributed by atoms with van der Waals surface area (Å²) in [4.78, 5) is 3.58. The summed E-state index contributed by atoms with van der Waals surface area (Å²) < 4.78 is 2.73. The van der Waals surface area contributed by atoms with E-state index in [9.17, 15) is 0 Å². The fourth-order valence-electron chi connectivity index (χ4n) is 2.90. The van der Waals surface area contributed by atoms with Gasteiger partial charge in [0, 0.05) is 21.2 Å². The van der Waals surface area contributed by atoms with Crippen molar-refractivity contribution in [2.24, 2.45) is 0 Å². The third kappa shape index (κ3) is 1.61. The molecule has 0 bridgehead atoms. The number of nitrogens with one attached hydrogen (secondary N) is 1. The zero-order valence-corrected chi connectivity index (χ0v) is 12.3. The van der Waals surface area contributed by atoms with Gasteiger partial charge in [0.2, 0.25) is 0 Å². The van der Waals surface area contributed by atoms with Crippen LogP contribution in [0.2, 0.25) is 0 Å². The van der Waals surface area contributed by atoms with Crippen molar-refractivity contribution in [2.75, 3.05) is 0 Å². The summed E-state index contributed by atoms with van der Waals surface area (Å²) in [6.45, 7) is 4.31. The molecule has 0 saturated carbocycles. The van der Waals surface area contributed by atoms with Crippen LogP contribution in [-0.2, 0) is 0 Å². The summed E-state index contributed by atoms with van der Waals surface area (Å²) in [5.74, 6) is 0. The topological polar surface area (TPSA) is 15.8 Å². The van der Waals surface area contributed by atoms with Gasteiger partial charge in [-0.05, 0) is 31.5 Å². The number of aromatic amines is 1. The third-order valence-corrected chi connectivity index (χ3v) is 5.01. The van der Waals surface area contributed by atoms with Crippen LogP contribution in [0.4, 0.5) is 0 Å². The minimum Gasteiger partial charge on any atom is -0.357 e. The van der Waals surface area contributed by atoms with Crippen LogP contribution in [-0.4, -0.2) is 4.98 Å². The lowest BCUT2D eigenvalue weighted by Gasteiger charge is -2.00. The van der Waals surface area contributed by atoms with Crippen LogP contribution in [0.15, 0.2) is 48.5 Å². The number of hydrogen-bond acceptors (Lipinski definition) is 1. The van der Waals surface area contributed by atoms with Gasteiger partial charge < -0.3 is 4.98 Å². The average molecular weight is 277 g/mol. The molecule has 4 rings (SSSR count). The Bertz CT molecular complexity index is 927. The maximum atomic E-state index is 3.58. The Hall–Kier alpha value is -2.06. The summed E-state index contributed by atoms with van der Waals surface area (Å²) in [6, 6.07) is 17.4. The third-order valence-electron chi connectivity index (χ3n) is 3.82. The molecule has 0 unspecified atom stereocenters. The second kappa shape index (κ2) is 4.22. The molecule has 98 valence electrons. The van der Waals surface area contributed by atoms with E-state index in [0.29, 0.717) is 0 Å². The Labute approximate surface area is 121 Å². The van der Waals surface area contributed by atoms with E-state index in [0.717, 1.165) is 0 Å². The standard InChI is InChI=1S/C18H15NS/c1-11-6-5-7-13(10-11)17-18-16(12(2)19-17)14-8-3-4-9-15(14)20-18/h3-10,19H,1-2H3. The molecule has 2 heteroatoms. The Balaban J connectivity index is 2.10. The van der Waals surface area contributed by atoms with Crippen molar-refractivity contribution in [3.8, 4) is 11.3 Å². The molecule has 0 aliphatic rings. The molecule has 0 aliphatic carbocycles. The first-order valence-corrected chi connectivity index (χ1v) is 7.62. The van der Waals surface area contributed by atoms with Crippen LogP contribution in [0.5, 0.6) is 0 Å². The molecule has 0 radical (unpaired) electrons. The molecular formula is C18H15NS. The second-order valence-corrected chi connectivity index (χ2v) is 6.35. The van der Waals surface area contributed by atoms with Crippen LogP contribution in [0.1, 0.15) is 11.3 Å². The number of hydrogen-bond donors (Lipinski definition) is 1. The van der Waals surface area contributed by atoms with E-state index in [1.807, 2.05) is 11.3 Å². The molecule has 20 heavy (non-hydrogen) atoms. The molecular weight excluding hydrogens is 262 g/mol. The lowest BCUT2D eigenvalue weighted by atomic mass is 10.1. The summed E-state index contributed by atoms with van der Waals surface area (Å²) in [6.07, 6.45) is 0. The van der Waals surface area contributed by atoms with Gasteiger partial charge in [-0.3, -0.25) is 0 Å². The number of aryl methyl sites for hydroxylation is 2. The SMILES string of the molecule is Cc1cccc(-c2[nH]c(C)c3c2sc2ccccc23)c1. The van der Waals surface area contributed by atoms with Crippen LogP contribution < -0.4 is 0 Å². The van der Waals surface area contributed by atoms with E-state index in [1.54, 1.807) is 0 Å². The van der Waals surface area contributed by atoms with E-state index in [2.05, 4.69) is 67.4 Å². The monoisotopic (exact) mass is 277 g/mol. The highest BCUT2D eigenvalue weighted by Gasteiger charge is 2.15. The predicted molar refractivity (Wildman–Crippen MR) is 88.6 cm³/mol.